The molecule has 0 bridgehead atoms. The van der Waals surface area contributed by atoms with E-state index in [1.165, 1.54) is 0 Å². The van der Waals surface area contributed by atoms with Gasteiger partial charge >= 0.3 is 6.09 Å². The average molecular weight is 327 g/mol. The first-order chi connectivity index (χ1) is 10.3. The van der Waals surface area contributed by atoms with Crippen LogP contribution >= 0.6 is 11.6 Å². The van der Waals surface area contributed by atoms with E-state index in [0.717, 1.165) is 18.1 Å². The van der Waals surface area contributed by atoms with Crippen LogP contribution in [0.15, 0.2) is 6.07 Å². The van der Waals surface area contributed by atoms with Crippen LogP contribution in [0.3, 0.4) is 0 Å². The first-order valence-corrected chi connectivity index (χ1v) is 7.92. The van der Waals surface area contributed by atoms with E-state index in [0.29, 0.717) is 31.3 Å². The molecule has 0 aromatic carbocycles. The smallest absolute Gasteiger partial charge is 0.410 e. The maximum Gasteiger partial charge on any atom is 0.410 e. The van der Waals surface area contributed by atoms with Crippen molar-refractivity contribution in [2.24, 2.45) is 0 Å². The molecule has 122 valence electrons. The first-order valence-electron chi connectivity index (χ1n) is 7.55. The van der Waals surface area contributed by atoms with E-state index in [4.69, 9.17) is 16.3 Å². The molecule has 0 N–H and O–H groups in total. The molecular weight excluding hydrogens is 304 g/mol. The van der Waals surface area contributed by atoms with Crippen molar-refractivity contribution in [2.75, 3.05) is 31.1 Å². The molecule has 0 aliphatic carbocycles. The molecule has 7 heteroatoms. The van der Waals surface area contributed by atoms with Gasteiger partial charge in [-0.05, 0) is 20.8 Å². The quantitative estimate of drug-likeness (QED) is 0.782. The Bertz CT molecular complexity index is 537. The van der Waals surface area contributed by atoms with Crippen LogP contribution in [0.1, 0.15) is 33.5 Å². The van der Waals surface area contributed by atoms with Crippen molar-refractivity contribution in [3.05, 3.63) is 17.0 Å². The Morgan fingerprint density at radius 2 is 1.91 bits per heavy atom. The van der Waals surface area contributed by atoms with Gasteiger partial charge in [0.25, 0.3) is 0 Å². The highest BCUT2D eigenvalue weighted by Gasteiger charge is 2.26. The summed E-state index contributed by atoms with van der Waals surface area (Å²) < 4.78 is 5.40. The summed E-state index contributed by atoms with van der Waals surface area (Å²) in [6, 6.07) is 1.77. The van der Waals surface area contributed by atoms with Crippen molar-refractivity contribution in [1.29, 1.82) is 0 Å². The Morgan fingerprint density at radius 3 is 2.45 bits per heavy atom. The van der Waals surface area contributed by atoms with Crippen molar-refractivity contribution in [1.82, 2.24) is 14.9 Å². The zero-order valence-corrected chi connectivity index (χ0v) is 14.4. The Balaban J connectivity index is 1.97. The summed E-state index contributed by atoms with van der Waals surface area (Å²) in [4.78, 5) is 24.6. The summed E-state index contributed by atoms with van der Waals surface area (Å²) in [5, 5.41) is 0.455. The van der Waals surface area contributed by atoms with Gasteiger partial charge in [0.15, 0.2) is 0 Å². The fraction of sp³-hybridized carbons (Fsp3) is 0.667. The molecule has 1 aromatic rings. The number of anilines is 1. The van der Waals surface area contributed by atoms with Gasteiger partial charge in [-0.1, -0.05) is 18.5 Å². The summed E-state index contributed by atoms with van der Waals surface area (Å²) >= 11 is 6.04. The van der Waals surface area contributed by atoms with E-state index in [-0.39, 0.29) is 6.09 Å². The van der Waals surface area contributed by atoms with Gasteiger partial charge in [-0.15, -0.1) is 0 Å². The number of ether oxygens (including phenoxy) is 1. The zero-order valence-electron chi connectivity index (χ0n) is 13.6. The molecule has 0 unspecified atom stereocenters. The van der Waals surface area contributed by atoms with Crippen LogP contribution in [0.5, 0.6) is 0 Å². The van der Waals surface area contributed by atoms with Crippen LogP contribution in [0, 0.1) is 0 Å². The third-order valence-electron chi connectivity index (χ3n) is 3.30. The van der Waals surface area contributed by atoms with Crippen molar-refractivity contribution in [3.8, 4) is 0 Å². The fourth-order valence-electron chi connectivity index (χ4n) is 2.22. The minimum Gasteiger partial charge on any atom is -0.444 e. The Labute approximate surface area is 136 Å². The molecule has 0 atom stereocenters. The molecular formula is C15H23ClN4O2. The number of aromatic nitrogens is 2. The number of carbonyl (C=O) groups is 1. The van der Waals surface area contributed by atoms with Crippen LogP contribution in [0.2, 0.25) is 5.15 Å². The SMILES string of the molecule is CCc1nc(Cl)cc(N2CCN(C(=O)OC(C)(C)C)CC2)n1. The third kappa shape index (κ3) is 4.47. The lowest BCUT2D eigenvalue weighted by Crippen LogP contribution is -2.50. The molecule has 2 rings (SSSR count). The molecule has 2 heterocycles. The highest BCUT2D eigenvalue weighted by molar-refractivity contribution is 6.29. The molecule has 1 amide bonds. The number of rotatable bonds is 2. The summed E-state index contributed by atoms with van der Waals surface area (Å²) in [6.07, 6.45) is 0.480. The molecule has 1 saturated heterocycles. The number of piperazine rings is 1. The van der Waals surface area contributed by atoms with E-state index >= 15 is 0 Å². The van der Waals surface area contributed by atoms with Crippen LogP contribution in [-0.2, 0) is 11.2 Å². The molecule has 22 heavy (non-hydrogen) atoms. The average Bonchev–Trinajstić information content (AvgIpc) is 2.45. The second-order valence-corrected chi connectivity index (χ2v) is 6.66. The Hall–Kier alpha value is -1.56. The summed E-state index contributed by atoms with van der Waals surface area (Å²) in [7, 11) is 0. The molecule has 0 radical (unpaired) electrons. The molecule has 1 fully saturated rings. The number of hydrogen-bond acceptors (Lipinski definition) is 5. The minimum absolute atomic E-state index is 0.262. The van der Waals surface area contributed by atoms with Gasteiger partial charge in [-0.2, -0.15) is 0 Å². The molecule has 1 aromatic heterocycles. The van der Waals surface area contributed by atoms with Gasteiger partial charge in [-0.3, -0.25) is 0 Å². The topological polar surface area (TPSA) is 58.6 Å². The molecule has 1 aliphatic rings. The van der Waals surface area contributed by atoms with Crippen molar-refractivity contribution in [3.63, 3.8) is 0 Å². The largest absolute Gasteiger partial charge is 0.444 e. The van der Waals surface area contributed by atoms with Crippen LogP contribution in [-0.4, -0.2) is 52.7 Å². The van der Waals surface area contributed by atoms with E-state index in [1.807, 2.05) is 27.7 Å². The molecule has 6 nitrogen and oxygen atoms in total. The predicted octanol–water partition coefficient (Wildman–Crippen LogP) is 2.75. The highest BCUT2D eigenvalue weighted by Crippen LogP contribution is 2.19. The second kappa shape index (κ2) is 6.69. The maximum absolute atomic E-state index is 12.0. The first kappa shape index (κ1) is 16.8. The number of carbonyl (C=O) groups excluding carboxylic acids is 1. The van der Waals surface area contributed by atoms with Crippen molar-refractivity contribution < 1.29 is 9.53 Å². The number of halogens is 1. The normalized spacial score (nSPS) is 15.9. The van der Waals surface area contributed by atoms with E-state index in [9.17, 15) is 4.79 Å². The Morgan fingerprint density at radius 1 is 1.27 bits per heavy atom. The number of hydrogen-bond donors (Lipinski definition) is 0. The predicted molar refractivity (Wildman–Crippen MR) is 86.4 cm³/mol. The monoisotopic (exact) mass is 326 g/mol. The zero-order chi connectivity index (χ0) is 16.3. The fourth-order valence-corrected chi connectivity index (χ4v) is 2.41. The summed E-state index contributed by atoms with van der Waals surface area (Å²) in [5.41, 5.74) is -0.468. The summed E-state index contributed by atoms with van der Waals surface area (Å²) in [6.45, 7) is 10.2. The molecule has 0 spiro atoms. The lowest BCUT2D eigenvalue weighted by Gasteiger charge is -2.36. The van der Waals surface area contributed by atoms with Crippen molar-refractivity contribution >= 4 is 23.5 Å². The summed E-state index contributed by atoms with van der Waals surface area (Å²) in [5.74, 6) is 1.55. The van der Waals surface area contributed by atoms with Gasteiger partial charge in [0.05, 0.1) is 0 Å². The molecule has 1 aliphatic heterocycles. The maximum atomic E-state index is 12.0. The van der Waals surface area contributed by atoms with Crippen molar-refractivity contribution in [2.45, 2.75) is 39.7 Å². The lowest BCUT2D eigenvalue weighted by atomic mass is 10.2. The standard InChI is InChI=1S/C15H23ClN4O2/c1-5-12-17-11(16)10-13(18-12)19-6-8-20(9-7-19)14(21)22-15(2,3)4/h10H,5-9H2,1-4H3. The van der Waals surface area contributed by atoms with E-state index in [2.05, 4.69) is 14.9 Å². The van der Waals surface area contributed by atoms with Gasteiger partial charge in [0.2, 0.25) is 0 Å². The van der Waals surface area contributed by atoms with E-state index < -0.39 is 5.60 Å². The van der Waals surface area contributed by atoms with Gasteiger partial charge in [0, 0.05) is 38.7 Å². The van der Waals surface area contributed by atoms with Crippen LogP contribution in [0.4, 0.5) is 10.6 Å². The van der Waals surface area contributed by atoms with Crippen LogP contribution < -0.4 is 4.90 Å². The van der Waals surface area contributed by atoms with E-state index in [1.54, 1.807) is 11.0 Å². The highest BCUT2D eigenvalue weighted by atomic mass is 35.5. The third-order valence-corrected chi connectivity index (χ3v) is 3.49. The lowest BCUT2D eigenvalue weighted by molar-refractivity contribution is 0.0240. The van der Waals surface area contributed by atoms with Gasteiger partial charge in [-0.25, -0.2) is 14.8 Å². The number of amides is 1. The minimum atomic E-state index is -0.468. The number of aryl methyl sites for hydroxylation is 1. The van der Waals surface area contributed by atoms with Crippen LogP contribution in [0.25, 0.3) is 0 Å². The molecule has 0 saturated carbocycles. The Kier molecular flexibility index (Phi) is 5.11. The number of nitrogens with zero attached hydrogens (tertiary/aromatic N) is 4. The van der Waals surface area contributed by atoms with Gasteiger partial charge in [0.1, 0.15) is 22.4 Å². The second-order valence-electron chi connectivity index (χ2n) is 6.27. The van der Waals surface area contributed by atoms with Gasteiger partial charge < -0.3 is 14.5 Å².